The van der Waals surface area contributed by atoms with E-state index in [4.69, 9.17) is 34.0 Å². The van der Waals surface area contributed by atoms with Crippen LogP contribution in [-0.2, 0) is 0 Å². The Labute approximate surface area is 208 Å². The van der Waals surface area contributed by atoms with Crippen LogP contribution in [0, 0.1) is 0 Å². The Morgan fingerprint density at radius 3 is 2.62 bits per heavy atom. The smallest absolute Gasteiger partial charge is 0.294 e. The van der Waals surface area contributed by atoms with E-state index in [0.29, 0.717) is 39.9 Å². The van der Waals surface area contributed by atoms with Gasteiger partial charge in [0.05, 0.1) is 27.5 Å². The Kier molecular flexibility index (Phi) is 6.15. The van der Waals surface area contributed by atoms with Gasteiger partial charge < -0.3 is 29.4 Å². The molecule has 0 bridgehead atoms. The van der Waals surface area contributed by atoms with Crippen molar-refractivity contribution < 1.29 is 33.1 Å². The molecule has 3 heterocycles. The molecule has 0 fully saturated rings. The number of benzene rings is 2. The van der Waals surface area contributed by atoms with Crippen molar-refractivity contribution >= 4 is 17.9 Å². The zero-order chi connectivity index (χ0) is 25.9. The van der Waals surface area contributed by atoms with Crippen LogP contribution in [0.25, 0.3) is 17.1 Å². The third-order valence-electron chi connectivity index (χ3n) is 5.33. The number of nitrogens with zero attached hydrogens (tertiary/aromatic N) is 6. The average molecular weight is 508 g/mol. The Hall–Kier alpha value is -5.34. The van der Waals surface area contributed by atoms with E-state index in [-0.39, 0.29) is 29.8 Å². The lowest BCUT2D eigenvalue weighted by Crippen LogP contribution is -2.19. The normalized spacial score (nSPS) is 12.1. The number of nitrogen functional groups attached to an aromatic ring is 1. The molecule has 0 spiro atoms. The SMILES string of the molecule is COc1ccc(/C=N/NC(=O)c2nnn(-c3nonc3N)c2-c2ccc3c(c2)OCO3)c(OC)c1OC. The standard InChI is InChI=1S/C22H20N8O7/c1-32-14-7-5-12(18(33-2)19(14)34-3)9-24-26-22(31)16-17(11-4-6-13-15(8-11)36-10-35-13)30(29-25-16)21-20(23)27-37-28-21/h4-9H,10H2,1-3H3,(H2,23,27)(H,26,31)/b24-9+. The number of fused-ring (bicyclic) bond motifs is 1. The van der Waals surface area contributed by atoms with E-state index >= 15 is 0 Å². The quantitative estimate of drug-likeness (QED) is 0.258. The van der Waals surface area contributed by atoms with E-state index in [1.54, 1.807) is 30.3 Å². The molecule has 3 N–H and O–H groups in total. The van der Waals surface area contributed by atoms with Gasteiger partial charge in [-0.2, -0.15) is 9.78 Å². The molecule has 0 saturated carbocycles. The van der Waals surface area contributed by atoms with Gasteiger partial charge in [-0.15, -0.1) is 5.10 Å². The molecule has 0 radical (unpaired) electrons. The second-order valence-corrected chi connectivity index (χ2v) is 7.36. The summed E-state index contributed by atoms with van der Waals surface area (Å²) in [5, 5.41) is 19.4. The molecule has 2 aromatic heterocycles. The third kappa shape index (κ3) is 4.18. The van der Waals surface area contributed by atoms with Crippen LogP contribution in [-0.4, -0.2) is 65.6 Å². The number of carbonyl (C=O) groups excluding carboxylic acids is 1. The number of ether oxygens (including phenoxy) is 5. The molecule has 5 rings (SSSR count). The highest BCUT2D eigenvalue weighted by Crippen LogP contribution is 2.39. The fraction of sp³-hybridized carbons (Fsp3) is 0.182. The van der Waals surface area contributed by atoms with Gasteiger partial charge in [0.1, 0.15) is 5.69 Å². The van der Waals surface area contributed by atoms with Gasteiger partial charge in [0.15, 0.2) is 28.7 Å². The Bertz CT molecular complexity index is 1500. The van der Waals surface area contributed by atoms with Crippen molar-refractivity contribution in [1.29, 1.82) is 0 Å². The van der Waals surface area contributed by atoms with Gasteiger partial charge in [-0.1, -0.05) is 5.21 Å². The first kappa shape index (κ1) is 23.4. The summed E-state index contributed by atoms with van der Waals surface area (Å²) in [4.78, 5) is 13.1. The van der Waals surface area contributed by atoms with Crippen molar-refractivity contribution in [2.45, 2.75) is 0 Å². The maximum Gasteiger partial charge on any atom is 0.294 e. The minimum Gasteiger partial charge on any atom is -0.493 e. The molecule has 15 heteroatoms. The van der Waals surface area contributed by atoms with Crippen LogP contribution in [0.5, 0.6) is 28.7 Å². The lowest BCUT2D eigenvalue weighted by atomic mass is 10.1. The predicted octanol–water partition coefficient (Wildman–Crippen LogP) is 1.42. The molecule has 2 aromatic carbocycles. The number of aromatic nitrogens is 5. The van der Waals surface area contributed by atoms with Crippen molar-refractivity contribution in [3.63, 3.8) is 0 Å². The van der Waals surface area contributed by atoms with Crippen LogP contribution in [0.15, 0.2) is 40.1 Å². The molecule has 0 unspecified atom stereocenters. The zero-order valence-corrected chi connectivity index (χ0v) is 19.8. The summed E-state index contributed by atoms with van der Waals surface area (Å²) >= 11 is 0. The lowest BCUT2D eigenvalue weighted by molar-refractivity contribution is 0.0950. The Balaban J connectivity index is 1.49. The molecule has 1 aliphatic heterocycles. The van der Waals surface area contributed by atoms with Crippen molar-refractivity contribution in [3.05, 3.63) is 41.6 Å². The second kappa shape index (κ2) is 9.73. The van der Waals surface area contributed by atoms with Gasteiger partial charge in [-0.3, -0.25) is 4.79 Å². The van der Waals surface area contributed by atoms with Gasteiger partial charge in [0.2, 0.25) is 24.2 Å². The third-order valence-corrected chi connectivity index (χ3v) is 5.33. The number of carbonyl (C=O) groups is 1. The largest absolute Gasteiger partial charge is 0.493 e. The fourth-order valence-corrected chi connectivity index (χ4v) is 3.66. The molecule has 1 aliphatic rings. The van der Waals surface area contributed by atoms with Crippen LogP contribution in [0.4, 0.5) is 5.82 Å². The molecular weight excluding hydrogens is 488 g/mol. The molecule has 0 aliphatic carbocycles. The Morgan fingerprint density at radius 1 is 1.08 bits per heavy atom. The Morgan fingerprint density at radius 2 is 1.89 bits per heavy atom. The van der Waals surface area contributed by atoms with Gasteiger partial charge in [0.25, 0.3) is 5.91 Å². The van der Waals surface area contributed by atoms with E-state index in [9.17, 15) is 4.79 Å². The van der Waals surface area contributed by atoms with Gasteiger partial charge in [-0.25, -0.2) is 10.1 Å². The first-order chi connectivity index (χ1) is 18.0. The van der Waals surface area contributed by atoms with Crippen LogP contribution >= 0.6 is 0 Å². The van der Waals surface area contributed by atoms with Crippen LogP contribution in [0.1, 0.15) is 16.1 Å². The summed E-state index contributed by atoms with van der Waals surface area (Å²) in [5.41, 5.74) is 9.52. The lowest BCUT2D eigenvalue weighted by Gasteiger charge is -2.13. The molecule has 0 saturated heterocycles. The number of amides is 1. The van der Waals surface area contributed by atoms with E-state index < -0.39 is 5.91 Å². The number of nitrogens with two attached hydrogens (primary N) is 1. The first-order valence-corrected chi connectivity index (χ1v) is 10.6. The minimum atomic E-state index is -0.662. The topological polar surface area (TPSA) is 183 Å². The molecule has 190 valence electrons. The summed E-state index contributed by atoms with van der Waals surface area (Å²) in [6.07, 6.45) is 1.39. The number of hydrogen-bond donors (Lipinski definition) is 2. The molecular formula is C22H20N8O7. The van der Waals surface area contributed by atoms with E-state index in [1.807, 2.05) is 0 Å². The number of nitrogens with one attached hydrogen (secondary N) is 1. The monoisotopic (exact) mass is 508 g/mol. The van der Waals surface area contributed by atoms with Gasteiger partial charge in [-0.05, 0) is 40.6 Å². The second-order valence-electron chi connectivity index (χ2n) is 7.36. The molecule has 0 atom stereocenters. The number of anilines is 1. The van der Waals surface area contributed by atoms with Crippen molar-refractivity contribution in [2.24, 2.45) is 5.10 Å². The van der Waals surface area contributed by atoms with Crippen molar-refractivity contribution in [2.75, 3.05) is 33.9 Å². The summed E-state index contributed by atoms with van der Waals surface area (Å²) in [5.74, 6) is 1.63. The summed E-state index contributed by atoms with van der Waals surface area (Å²) in [6, 6.07) is 8.47. The highest BCUT2D eigenvalue weighted by atomic mass is 16.7. The maximum atomic E-state index is 13.1. The van der Waals surface area contributed by atoms with Gasteiger partial charge in [0, 0.05) is 11.1 Å². The predicted molar refractivity (Wildman–Crippen MR) is 126 cm³/mol. The maximum absolute atomic E-state index is 13.1. The van der Waals surface area contributed by atoms with Crippen molar-refractivity contribution in [3.8, 4) is 45.8 Å². The summed E-state index contributed by atoms with van der Waals surface area (Å²) in [6.45, 7) is 0.0815. The minimum absolute atomic E-state index is 0.0441. The van der Waals surface area contributed by atoms with E-state index in [2.05, 4.69) is 31.2 Å². The summed E-state index contributed by atoms with van der Waals surface area (Å²) < 4.78 is 32.8. The fourth-order valence-electron chi connectivity index (χ4n) is 3.66. The van der Waals surface area contributed by atoms with Gasteiger partial charge >= 0.3 is 0 Å². The van der Waals surface area contributed by atoms with E-state index in [1.165, 1.54) is 32.2 Å². The number of hydrazone groups is 1. The molecule has 4 aromatic rings. The average Bonchev–Trinajstić information content (AvgIpc) is 3.66. The first-order valence-electron chi connectivity index (χ1n) is 10.6. The van der Waals surface area contributed by atoms with Crippen LogP contribution in [0.2, 0.25) is 0 Å². The highest BCUT2D eigenvalue weighted by Gasteiger charge is 2.27. The summed E-state index contributed by atoms with van der Waals surface area (Å²) in [7, 11) is 4.48. The zero-order valence-electron chi connectivity index (χ0n) is 19.8. The van der Waals surface area contributed by atoms with Crippen molar-refractivity contribution in [1.82, 2.24) is 30.7 Å². The molecule has 37 heavy (non-hydrogen) atoms. The number of rotatable bonds is 8. The van der Waals surface area contributed by atoms with Crippen LogP contribution in [0.3, 0.4) is 0 Å². The number of methoxy groups -OCH3 is 3. The molecule has 1 amide bonds. The van der Waals surface area contributed by atoms with E-state index in [0.717, 1.165) is 0 Å². The number of hydrogen-bond acceptors (Lipinski definition) is 13. The van der Waals surface area contributed by atoms with Crippen LogP contribution < -0.4 is 34.8 Å². The highest BCUT2D eigenvalue weighted by molar-refractivity contribution is 5.99. The molecule has 15 nitrogen and oxygen atoms in total.